The van der Waals surface area contributed by atoms with Crippen LogP contribution in [-0.4, -0.2) is 47.9 Å². The van der Waals surface area contributed by atoms with Gasteiger partial charge in [-0.1, -0.05) is 13.8 Å². The van der Waals surface area contributed by atoms with Crippen molar-refractivity contribution in [3.05, 3.63) is 6.33 Å². The van der Waals surface area contributed by atoms with Gasteiger partial charge in [-0.25, -0.2) is 9.97 Å². The number of nitrogens with one attached hydrogen (secondary N) is 1. The average molecular weight is 280 g/mol. The van der Waals surface area contributed by atoms with E-state index in [0.717, 1.165) is 44.1 Å². The Morgan fingerprint density at radius 2 is 2.30 bits per heavy atom. The van der Waals surface area contributed by atoms with Crippen molar-refractivity contribution in [1.29, 1.82) is 0 Å². The molecule has 1 aliphatic rings. The number of aromatic nitrogens is 2. The number of rotatable bonds is 5. The second-order valence-corrected chi connectivity index (χ2v) is 5.29. The monoisotopic (exact) mass is 280 g/mol. The molecule has 1 saturated heterocycles. The Morgan fingerprint density at radius 3 is 2.95 bits per heavy atom. The van der Waals surface area contributed by atoms with E-state index in [0.29, 0.717) is 5.75 Å². The summed E-state index contributed by atoms with van der Waals surface area (Å²) >= 11 is 0. The van der Waals surface area contributed by atoms with Gasteiger partial charge in [0.2, 0.25) is 5.75 Å². The number of anilines is 2. The van der Waals surface area contributed by atoms with Gasteiger partial charge in [0.1, 0.15) is 6.33 Å². The minimum atomic E-state index is -0.225. The third kappa shape index (κ3) is 3.12. The van der Waals surface area contributed by atoms with Crippen molar-refractivity contribution in [1.82, 2.24) is 9.97 Å². The van der Waals surface area contributed by atoms with Crippen molar-refractivity contribution in [2.45, 2.75) is 32.8 Å². The van der Waals surface area contributed by atoms with E-state index in [1.54, 1.807) is 13.4 Å². The Bertz CT molecular complexity index is 441. The number of aliphatic hydroxyl groups is 1. The van der Waals surface area contributed by atoms with E-state index in [4.69, 9.17) is 4.74 Å². The maximum absolute atomic E-state index is 9.84. The number of hydrogen-bond donors (Lipinski definition) is 2. The highest BCUT2D eigenvalue weighted by Crippen LogP contribution is 2.34. The molecule has 6 heteroatoms. The normalized spacial score (nSPS) is 22.7. The molecule has 2 rings (SSSR count). The minimum absolute atomic E-state index is 0.225. The van der Waals surface area contributed by atoms with Gasteiger partial charge >= 0.3 is 0 Å². The van der Waals surface area contributed by atoms with Crippen LogP contribution >= 0.6 is 0 Å². The lowest BCUT2D eigenvalue weighted by Crippen LogP contribution is -2.42. The summed E-state index contributed by atoms with van der Waals surface area (Å²) in [7, 11) is 1.64. The molecule has 20 heavy (non-hydrogen) atoms. The first-order valence-corrected chi connectivity index (χ1v) is 7.23. The Labute approximate surface area is 120 Å². The molecule has 0 saturated carbocycles. The zero-order valence-electron chi connectivity index (χ0n) is 12.5. The molecule has 2 atom stereocenters. The van der Waals surface area contributed by atoms with Crippen LogP contribution in [0.2, 0.25) is 0 Å². The van der Waals surface area contributed by atoms with Gasteiger partial charge in [-0.3, -0.25) is 0 Å². The topological polar surface area (TPSA) is 70.5 Å². The number of methoxy groups -OCH3 is 1. The molecule has 2 heterocycles. The maximum atomic E-state index is 9.84. The largest absolute Gasteiger partial charge is 0.490 e. The van der Waals surface area contributed by atoms with Gasteiger partial charge in [-0.05, 0) is 18.8 Å². The molecule has 112 valence electrons. The molecular formula is C14H24N4O2. The zero-order chi connectivity index (χ0) is 14.5. The summed E-state index contributed by atoms with van der Waals surface area (Å²) in [6.07, 6.45) is 3.12. The predicted octanol–water partition coefficient (Wildman–Crippen LogP) is 1.51. The fourth-order valence-corrected chi connectivity index (χ4v) is 2.47. The Morgan fingerprint density at radius 1 is 1.50 bits per heavy atom. The first-order valence-electron chi connectivity index (χ1n) is 7.23. The number of nitrogens with zero attached hydrogens (tertiary/aromatic N) is 3. The summed E-state index contributed by atoms with van der Waals surface area (Å²) in [4.78, 5) is 10.8. The molecule has 0 aliphatic carbocycles. The first kappa shape index (κ1) is 14.8. The lowest BCUT2D eigenvalue weighted by molar-refractivity contribution is 0.0967. The fourth-order valence-electron chi connectivity index (χ4n) is 2.47. The van der Waals surface area contributed by atoms with Gasteiger partial charge in [0.25, 0.3) is 0 Å². The smallest absolute Gasteiger partial charge is 0.204 e. The average Bonchev–Trinajstić information content (AvgIpc) is 2.47. The summed E-state index contributed by atoms with van der Waals surface area (Å²) in [5.41, 5.74) is 0. The summed E-state index contributed by atoms with van der Waals surface area (Å²) in [5, 5.41) is 13.1. The SMILES string of the molecule is CCCNc1ncnc(N2CCC(O)C(C)C2)c1OC. The van der Waals surface area contributed by atoms with Gasteiger partial charge in [-0.2, -0.15) is 0 Å². The second-order valence-electron chi connectivity index (χ2n) is 5.29. The molecular weight excluding hydrogens is 256 g/mol. The van der Waals surface area contributed by atoms with E-state index in [1.165, 1.54) is 0 Å². The van der Waals surface area contributed by atoms with Gasteiger partial charge in [0.15, 0.2) is 11.6 Å². The van der Waals surface area contributed by atoms with E-state index < -0.39 is 0 Å². The molecule has 1 aliphatic heterocycles. The number of piperidine rings is 1. The minimum Gasteiger partial charge on any atom is -0.490 e. The Balaban J connectivity index is 2.22. The zero-order valence-corrected chi connectivity index (χ0v) is 12.5. The summed E-state index contributed by atoms with van der Waals surface area (Å²) in [5.74, 6) is 2.46. The van der Waals surface area contributed by atoms with E-state index in [-0.39, 0.29) is 12.0 Å². The highest BCUT2D eigenvalue weighted by atomic mass is 16.5. The van der Waals surface area contributed by atoms with Crippen LogP contribution in [0.4, 0.5) is 11.6 Å². The van der Waals surface area contributed by atoms with Crippen LogP contribution in [0.5, 0.6) is 5.75 Å². The van der Waals surface area contributed by atoms with Crippen LogP contribution in [0.25, 0.3) is 0 Å². The molecule has 6 nitrogen and oxygen atoms in total. The van der Waals surface area contributed by atoms with Crippen LogP contribution in [0, 0.1) is 5.92 Å². The molecule has 0 aromatic carbocycles. The van der Waals surface area contributed by atoms with Gasteiger partial charge in [0.05, 0.1) is 13.2 Å². The van der Waals surface area contributed by atoms with Crippen LogP contribution < -0.4 is 15.0 Å². The third-order valence-electron chi connectivity index (χ3n) is 3.69. The van der Waals surface area contributed by atoms with Gasteiger partial charge in [-0.15, -0.1) is 0 Å². The summed E-state index contributed by atoms with van der Waals surface area (Å²) in [6.45, 7) is 6.58. The molecule has 0 amide bonds. The van der Waals surface area contributed by atoms with E-state index in [1.807, 2.05) is 0 Å². The number of aliphatic hydroxyl groups excluding tert-OH is 1. The van der Waals surface area contributed by atoms with Crippen molar-refractivity contribution in [2.24, 2.45) is 5.92 Å². The van der Waals surface area contributed by atoms with Gasteiger partial charge < -0.3 is 20.1 Å². The quantitative estimate of drug-likeness (QED) is 0.852. The molecule has 0 bridgehead atoms. The molecule has 1 aromatic rings. The lowest BCUT2D eigenvalue weighted by atomic mass is 9.97. The van der Waals surface area contributed by atoms with Crippen LogP contribution in [0.15, 0.2) is 6.33 Å². The van der Waals surface area contributed by atoms with Crippen LogP contribution in [0.1, 0.15) is 26.7 Å². The fraction of sp³-hybridized carbons (Fsp3) is 0.714. The van der Waals surface area contributed by atoms with E-state index in [2.05, 4.69) is 34.0 Å². The predicted molar refractivity (Wildman–Crippen MR) is 79.4 cm³/mol. The van der Waals surface area contributed by atoms with Crippen molar-refractivity contribution < 1.29 is 9.84 Å². The molecule has 0 spiro atoms. The van der Waals surface area contributed by atoms with Crippen molar-refractivity contribution >= 4 is 11.6 Å². The van der Waals surface area contributed by atoms with Gasteiger partial charge in [0, 0.05) is 19.6 Å². The lowest BCUT2D eigenvalue weighted by Gasteiger charge is -2.35. The molecule has 2 unspecified atom stereocenters. The second kappa shape index (κ2) is 6.74. The molecule has 1 aromatic heterocycles. The highest BCUT2D eigenvalue weighted by molar-refractivity contribution is 5.64. The van der Waals surface area contributed by atoms with Crippen LogP contribution in [-0.2, 0) is 0 Å². The molecule has 2 N–H and O–H groups in total. The highest BCUT2D eigenvalue weighted by Gasteiger charge is 2.27. The third-order valence-corrected chi connectivity index (χ3v) is 3.69. The summed E-state index contributed by atoms with van der Waals surface area (Å²) < 4.78 is 5.50. The van der Waals surface area contributed by atoms with Crippen molar-refractivity contribution in [2.75, 3.05) is 37.0 Å². The van der Waals surface area contributed by atoms with Crippen molar-refractivity contribution in [3.63, 3.8) is 0 Å². The van der Waals surface area contributed by atoms with E-state index in [9.17, 15) is 5.11 Å². The molecule has 1 fully saturated rings. The number of ether oxygens (including phenoxy) is 1. The van der Waals surface area contributed by atoms with Crippen molar-refractivity contribution in [3.8, 4) is 5.75 Å². The standard InChI is InChI=1S/C14H24N4O2/c1-4-6-15-13-12(20-3)14(17-9-16-13)18-7-5-11(19)10(2)8-18/h9-11,19H,4-8H2,1-3H3,(H,15,16,17). The van der Waals surface area contributed by atoms with E-state index >= 15 is 0 Å². The Kier molecular flexibility index (Phi) is 5.00. The maximum Gasteiger partial charge on any atom is 0.204 e. The Hall–Kier alpha value is -1.56. The number of hydrogen-bond acceptors (Lipinski definition) is 6. The molecule has 0 radical (unpaired) electrons. The first-order chi connectivity index (χ1) is 9.67. The van der Waals surface area contributed by atoms with Crippen LogP contribution in [0.3, 0.4) is 0 Å². The summed E-state index contributed by atoms with van der Waals surface area (Å²) in [6, 6.07) is 0.